The number of rotatable bonds is 19. The zero-order valence-electron chi connectivity index (χ0n) is 19.1. The third kappa shape index (κ3) is 11.7. The van der Waals surface area contributed by atoms with E-state index in [9.17, 15) is 0 Å². The van der Waals surface area contributed by atoms with Gasteiger partial charge in [-0.15, -0.1) is 0 Å². The number of hydrogen-bond donors (Lipinski definition) is 0. The third-order valence-electron chi connectivity index (χ3n) is 6.01. The molecule has 0 saturated heterocycles. The van der Waals surface area contributed by atoms with Crippen LogP contribution in [0, 0.1) is 0 Å². The lowest BCUT2D eigenvalue weighted by Gasteiger charge is -2.32. The van der Waals surface area contributed by atoms with Gasteiger partial charge in [0.2, 0.25) is 0 Å². The molecule has 1 unspecified atom stereocenters. The molecular formula is C25H50N2. The first-order valence-electron chi connectivity index (χ1n) is 12.5. The van der Waals surface area contributed by atoms with Gasteiger partial charge in [0.1, 0.15) is 6.17 Å². The summed E-state index contributed by atoms with van der Waals surface area (Å²) in [4.78, 5) is 5.15. The molecule has 0 radical (unpaired) electrons. The fourth-order valence-electron chi connectivity index (χ4n) is 4.34. The van der Waals surface area contributed by atoms with Gasteiger partial charge >= 0.3 is 0 Å². The van der Waals surface area contributed by atoms with Crippen LogP contribution >= 0.6 is 0 Å². The van der Waals surface area contributed by atoms with Crippen LogP contribution in [0.5, 0.6) is 0 Å². The van der Waals surface area contributed by atoms with Crippen LogP contribution in [-0.4, -0.2) is 29.1 Å². The highest BCUT2D eigenvalue weighted by Crippen LogP contribution is 2.21. The van der Waals surface area contributed by atoms with E-state index in [2.05, 4.69) is 43.0 Å². The maximum Gasteiger partial charge on any atom is 0.101 e. The standard InChI is InChI=1S/C25H50N2/c1-4-7-8-9-10-11-12-13-14-15-16-17-18-19-22-27-24-23-26(21-6-3)25(27)20-5-2/h23-25H,4-22H2,1-3H3. The van der Waals surface area contributed by atoms with E-state index in [1.807, 2.05) is 0 Å². The van der Waals surface area contributed by atoms with Crippen molar-refractivity contribution in [2.75, 3.05) is 13.1 Å². The largest absolute Gasteiger partial charge is 0.356 e. The molecule has 27 heavy (non-hydrogen) atoms. The Morgan fingerprint density at radius 1 is 0.481 bits per heavy atom. The molecule has 0 aromatic heterocycles. The van der Waals surface area contributed by atoms with Gasteiger partial charge in [-0.2, -0.15) is 0 Å². The van der Waals surface area contributed by atoms with Crippen LogP contribution in [0.25, 0.3) is 0 Å². The molecule has 0 fully saturated rings. The average molecular weight is 379 g/mol. The second-order valence-corrected chi connectivity index (χ2v) is 8.64. The topological polar surface area (TPSA) is 6.48 Å². The van der Waals surface area contributed by atoms with Crippen molar-refractivity contribution in [1.82, 2.24) is 9.80 Å². The highest BCUT2D eigenvalue weighted by molar-refractivity contribution is 4.96. The van der Waals surface area contributed by atoms with E-state index in [0.717, 1.165) is 0 Å². The number of nitrogens with zero attached hydrogens (tertiary/aromatic N) is 2. The number of hydrogen-bond acceptors (Lipinski definition) is 2. The van der Waals surface area contributed by atoms with E-state index in [4.69, 9.17) is 0 Å². The maximum absolute atomic E-state index is 2.60. The van der Waals surface area contributed by atoms with Crippen molar-refractivity contribution < 1.29 is 0 Å². The molecule has 0 bridgehead atoms. The van der Waals surface area contributed by atoms with Crippen molar-refractivity contribution in [3.05, 3.63) is 12.4 Å². The minimum atomic E-state index is 0.636. The van der Waals surface area contributed by atoms with Crippen molar-refractivity contribution in [2.45, 2.75) is 136 Å². The number of unbranched alkanes of at least 4 members (excludes halogenated alkanes) is 13. The molecule has 2 heteroatoms. The summed E-state index contributed by atoms with van der Waals surface area (Å²) in [5.74, 6) is 0. The van der Waals surface area contributed by atoms with Crippen LogP contribution in [0.15, 0.2) is 12.4 Å². The predicted octanol–water partition coefficient (Wildman–Crippen LogP) is 8.09. The fourth-order valence-corrected chi connectivity index (χ4v) is 4.34. The molecule has 0 aromatic carbocycles. The molecule has 1 aliphatic rings. The van der Waals surface area contributed by atoms with E-state index in [-0.39, 0.29) is 0 Å². The van der Waals surface area contributed by atoms with E-state index >= 15 is 0 Å². The average Bonchev–Trinajstić information content (AvgIpc) is 3.04. The Labute approximate surface area is 171 Å². The summed E-state index contributed by atoms with van der Waals surface area (Å²) in [7, 11) is 0. The van der Waals surface area contributed by atoms with Gasteiger partial charge in [-0.1, -0.05) is 111 Å². The molecule has 1 aliphatic heterocycles. The molecule has 0 aromatic rings. The Hall–Kier alpha value is -0.660. The van der Waals surface area contributed by atoms with Crippen LogP contribution in [0.1, 0.15) is 130 Å². The lowest BCUT2D eigenvalue weighted by atomic mass is 10.0. The summed E-state index contributed by atoms with van der Waals surface area (Å²) in [6, 6.07) is 0. The Bertz CT molecular complexity index is 339. The van der Waals surface area contributed by atoms with Crippen LogP contribution in [0.3, 0.4) is 0 Å². The predicted molar refractivity (Wildman–Crippen MR) is 122 cm³/mol. The van der Waals surface area contributed by atoms with Gasteiger partial charge in [-0.05, 0) is 19.3 Å². The van der Waals surface area contributed by atoms with Crippen molar-refractivity contribution in [3.63, 3.8) is 0 Å². The Morgan fingerprint density at radius 3 is 1.37 bits per heavy atom. The summed E-state index contributed by atoms with van der Waals surface area (Å²) in [5, 5.41) is 0. The van der Waals surface area contributed by atoms with Gasteiger partial charge in [0, 0.05) is 25.5 Å². The first kappa shape index (κ1) is 24.4. The highest BCUT2D eigenvalue weighted by atomic mass is 15.4. The molecule has 0 saturated carbocycles. The highest BCUT2D eigenvalue weighted by Gasteiger charge is 2.23. The quantitative estimate of drug-likeness (QED) is 0.209. The summed E-state index contributed by atoms with van der Waals surface area (Å²) >= 11 is 0. The van der Waals surface area contributed by atoms with Gasteiger partial charge in [-0.25, -0.2) is 0 Å². The second-order valence-electron chi connectivity index (χ2n) is 8.64. The zero-order chi connectivity index (χ0) is 19.6. The minimum Gasteiger partial charge on any atom is -0.356 e. The minimum absolute atomic E-state index is 0.636. The van der Waals surface area contributed by atoms with Crippen molar-refractivity contribution in [1.29, 1.82) is 0 Å². The second kappa shape index (κ2) is 17.4. The van der Waals surface area contributed by atoms with E-state index in [1.165, 1.54) is 122 Å². The van der Waals surface area contributed by atoms with Crippen molar-refractivity contribution >= 4 is 0 Å². The van der Waals surface area contributed by atoms with Crippen LogP contribution in [0.4, 0.5) is 0 Å². The maximum atomic E-state index is 2.60. The summed E-state index contributed by atoms with van der Waals surface area (Å²) < 4.78 is 0. The Kier molecular flexibility index (Phi) is 15.7. The molecule has 1 rings (SSSR count). The lowest BCUT2D eigenvalue weighted by Crippen LogP contribution is -2.39. The monoisotopic (exact) mass is 378 g/mol. The van der Waals surface area contributed by atoms with Crippen molar-refractivity contribution in [3.8, 4) is 0 Å². The molecule has 1 heterocycles. The Balaban J connectivity index is 1.90. The third-order valence-corrected chi connectivity index (χ3v) is 6.01. The van der Waals surface area contributed by atoms with Gasteiger partial charge < -0.3 is 9.80 Å². The molecule has 2 nitrogen and oxygen atoms in total. The summed E-state index contributed by atoms with van der Waals surface area (Å²) in [6.07, 6.45) is 29.3. The van der Waals surface area contributed by atoms with E-state index in [0.29, 0.717) is 6.17 Å². The zero-order valence-corrected chi connectivity index (χ0v) is 19.1. The molecule has 0 amide bonds. The molecule has 160 valence electrons. The summed E-state index contributed by atoms with van der Waals surface area (Å²) in [5.41, 5.74) is 0. The lowest BCUT2D eigenvalue weighted by molar-refractivity contribution is 0.140. The summed E-state index contributed by atoms with van der Waals surface area (Å²) in [6.45, 7) is 9.35. The van der Waals surface area contributed by atoms with Gasteiger partial charge in [-0.3, -0.25) is 0 Å². The van der Waals surface area contributed by atoms with Gasteiger partial charge in [0.05, 0.1) is 0 Å². The van der Waals surface area contributed by atoms with Crippen molar-refractivity contribution in [2.24, 2.45) is 0 Å². The first-order valence-corrected chi connectivity index (χ1v) is 12.5. The molecule has 0 N–H and O–H groups in total. The van der Waals surface area contributed by atoms with Crippen LogP contribution in [0.2, 0.25) is 0 Å². The molecule has 1 atom stereocenters. The SMILES string of the molecule is CCCCCCCCCCCCCCCCN1C=CN(CCC)C1CCC. The normalized spacial score (nSPS) is 16.6. The van der Waals surface area contributed by atoms with Gasteiger partial charge in [0.25, 0.3) is 0 Å². The van der Waals surface area contributed by atoms with Crippen LogP contribution < -0.4 is 0 Å². The van der Waals surface area contributed by atoms with E-state index in [1.54, 1.807) is 0 Å². The molecular weight excluding hydrogens is 328 g/mol. The van der Waals surface area contributed by atoms with E-state index < -0.39 is 0 Å². The smallest absolute Gasteiger partial charge is 0.101 e. The molecule has 0 aliphatic carbocycles. The fraction of sp³-hybridized carbons (Fsp3) is 0.920. The Morgan fingerprint density at radius 2 is 0.926 bits per heavy atom. The first-order chi connectivity index (χ1) is 13.3. The van der Waals surface area contributed by atoms with Crippen LogP contribution in [-0.2, 0) is 0 Å². The molecule has 0 spiro atoms. The van der Waals surface area contributed by atoms with Gasteiger partial charge in [0.15, 0.2) is 0 Å².